The predicted octanol–water partition coefficient (Wildman–Crippen LogP) is 6.14. The van der Waals surface area contributed by atoms with Gasteiger partial charge < -0.3 is 14.2 Å². The normalized spacial score (nSPS) is 11.9. The molecule has 2 heterocycles. The highest BCUT2D eigenvalue weighted by Crippen LogP contribution is 2.34. The Morgan fingerprint density at radius 3 is 2.26 bits per heavy atom. The summed E-state index contributed by atoms with van der Waals surface area (Å²) in [5, 5.41) is 13.7. The van der Waals surface area contributed by atoms with E-state index >= 15 is 0 Å². The van der Waals surface area contributed by atoms with E-state index in [0.29, 0.717) is 11.4 Å². The number of carbonyl (C=O) groups excluding carboxylic acids is 1. The fraction of sp³-hybridized carbons (Fsp3) is 0.0417. The van der Waals surface area contributed by atoms with Gasteiger partial charge in [0.1, 0.15) is 21.3 Å². The summed E-state index contributed by atoms with van der Waals surface area (Å²) in [6.45, 7) is 1.33. The average Bonchev–Trinajstić information content (AvgIpc) is 3.48. The largest absolute Gasteiger partial charge is 0.457 e. The van der Waals surface area contributed by atoms with E-state index in [2.05, 4.69) is 21.2 Å². The number of anilines is 1. The van der Waals surface area contributed by atoms with E-state index in [-0.39, 0.29) is 27.2 Å². The molecule has 0 radical (unpaired) electrons. The molecule has 0 spiro atoms. The van der Waals surface area contributed by atoms with Gasteiger partial charge in [0, 0.05) is 28.7 Å². The maximum Gasteiger partial charge on any atom is 0.433 e. The van der Waals surface area contributed by atoms with Crippen LogP contribution in [0.15, 0.2) is 91.0 Å². The number of nitro groups is 1. The van der Waals surface area contributed by atoms with Gasteiger partial charge in [-0.3, -0.25) is 14.9 Å². The number of hydrogen-bond donors (Lipinski definition) is 1. The van der Waals surface area contributed by atoms with Crippen molar-refractivity contribution < 1.29 is 27.0 Å². The van der Waals surface area contributed by atoms with Crippen molar-refractivity contribution in [3.05, 3.63) is 98.9 Å². The number of sulfone groups is 1. The lowest BCUT2D eigenvalue weighted by atomic mass is 10.2. The summed E-state index contributed by atoms with van der Waals surface area (Å²) in [7, 11) is -4.21. The highest BCUT2D eigenvalue weighted by atomic mass is 79.9. The van der Waals surface area contributed by atoms with Crippen LogP contribution < -0.4 is 5.32 Å². The molecule has 0 aliphatic rings. The predicted molar refractivity (Wildman–Crippen MR) is 133 cm³/mol. The number of benzene rings is 2. The quantitative estimate of drug-likeness (QED) is 0.213. The zero-order chi connectivity index (χ0) is 25.2. The molecule has 0 aliphatic heterocycles. The minimum absolute atomic E-state index is 0.100. The third kappa shape index (κ3) is 5.42. The topological polar surface area (TPSA) is 133 Å². The van der Waals surface area contributed by atoms with Crippen LogP contribution in [0, 0.1) is 10.1 Å². The number of furan rings is 2. The molecular formula is C24H17BrN2O7S. The Bertz CT molecular complexity index is 1530. The Balaban J connectivity index is 1.78. The lowest BCUT2D eigenvalue weighted by Gasteiger charge is -2.08. The number of carbonyl (C=O) groups is 1. The van der Waals surface area contributed by atoms with Gasteiger partial charge in [0.2, 0.25) is 15.7 Å². The summed E-state index contributed by atoms with van der Waals surface area (Å²) >= 11 is 3.37. The Hall–Kier alpha value is -3.96. The Labute approximate surface area is 208 Å². The second kappa shape index (κ2) is 9.72. The number of hydrogen-bond acceptors (Lipinski definition) is 7. The summed E-state index contributed by atoms with van der Waals surface area (Å²) in [5.41, 5.74) is 1.19. The molecule has 4 aromatic rings. The Morgan fingerprint density at radius 2 is 1.66 bits per heavy atom. The highest BCUT2D eigenvalue weighted by Gasteiger charge is 2.27. The van der Waals surface area contributed by atoms with Gasteiger partial charge in [0.25, 0.3) is 0 Å². The van der Waals surface area contributed by atoms with Crippen molar-refractivity contribution >= 4 is 54.2 Å². The van der Waals surface area contributed by atoms with Crippen LogP contribution in [0.25, 0.3) is 22.3 Å². The van der Waals surface area contributed by atoms with E-state index in [1.807, 2.05) is 24.3 Å². The van der Waals surface area contributed by atoms with Gasteiger partial charge >= 0.3 is 5.88 Å². The molecule has 0 bridgehead atoms. The number of nitrogens with one attached hydrogen (secondary N) is 1. The summed E-state index contributed by atoms with van der Waals surface area (Å²) in [4.78, 5) is 21.2. The molecule has 11 heteroatoms. The SMILES string of the molecule is CC(=O)Nc1ccc(S(=O)(=O)/C(=C/c2ccc(-c3ccc(Br)cc3)o2)c2ccc([N+](=O)[O-])o2)cc1. The maximum atomic E-state index is 13.5. The second-order valence-electron chi connectivity index (χ2n) is 7.32. The van der Waals surface area contributed by atoms with Gasteiger partial charge in [0.15, 0.2) is 5.76 Å². The fourth-order valence-electron chi connectivity index (χ4n) is 3.22. The van der Waals surface area contributed by atoms with Gasteiger partial charge in [-0.2, -0.15) is 0 Å². The van der Waals surface area contributed by atoms with Crippen LogP contribution in [0.2, 0.25) is 0 Å². The lowest BCUT2D eigenvalue weighted by molar-refractivity contribution is -0.402. The van der Waals surface area contributed by atoms with Crippen molar-refractivity contribution in [3.63, 3.8) is 0 Å². The zero-order valence-corrected chi connectivity index (χ0v) is 20.5. The molecule has 2 aromatic heterocycles. The minimum atomic E-state index is -4.21. The standard InChI is InChI=1S/C24H17BrN2O7S/c1-15(28)26-18-6-9-20(10-7-18)35(31,32)23(22-12-13-24(34-22)27(29)30)14-19-8-11-21(33-19)16-2-4-17(25)5-3-16/h2-14H,1H3,(H,26,28)/b23-14+. The maximum absolute atomic E-state index is 13.5. The van der Waals surface area contributed by atoms with Gasteiger partial charge in [0.05, 0.1) is 11.0 Å². The van der Waals surface area contributed by atoms with Crippen LogP contribution in [-0.2, 0) is 14.6 Å². The van der Waals surface area contributed by atoms with E-state index < -0.39 is 20.6 Å². The number of halogens is 1. The molecule has 0 saturated heterocycles. The van der Waals surface area contributed by atoms with Crippen molar-refractivity contribution in [3.8, 4) is 11.3 Å². The molecule has 1 amide bonds. The van der Waals surface area contributed by atoms with E-state index in [0.717, 1.165) is 16.1 Å². The molecule has 1 N–H and O–H groups in total. The van der Waals surface area contributed by atoms with Crippen LogP contribution in [0.1, 0.15) is 18.4 Å². The van der Waals surface area contributed by atoms with Gasteiger partial charge in [-0.05, 0) is 54.6 Å². The third-order valence-corrected chi connectivity index (χ3v) is 7.14. The van der Waals surface area contributed by atoms with Crippen LogP contribution in [0.4, 0.5) is 11.6 Å². The highest BCUT2D eigenvalue weighted by molar-refractivity contribution is 9.10. The second-order valence-corrected chi connectivity index (χ2v) is 10.2. The van der Waals surface area contributed by atoms with Crippen LogP contribution in [-0.4, -0.2) is 19.2 Å². The van der Waals surface area contributed by atoms with Gasteiger partial charge in [-0.15, -0.1) is 0 Å². The molecule has 178 valence electrons. The molecule has 2 aromatic carbocycles. The van der Waals surface area contributed by atoms with Gasteiger partial charge in [-0.25, -0.2) is 8.42 Å². The molecule has 0 saturated carbocycles. The summed E-state index contributed by atoms with van der Waals surface area (Å²) in [5.74, 6) is -0.411. The minimum Gasteiger partial charge on any atom is -0.457 e. The number of nitrogens with zero attached hydrogens (tertiary/aromatic N) is 1. The molecule has 9 nitrogen and oxygen atoms in total. The summed E-state index contributed by atoms with van der Waals surface area (Å²) in [6.07, 6.45) is 1.25. The summed E-state index contributed by atoms with van der Waals surface area (Å²) < 4.78 is 39.0. The third-order valence-electron chi connectivity index (χ3n) is 4.82. The van der Waals surface area contributed by atoms with Crippen molar-refractivity contribution in [2.45, 2.75) is 11.8 Å². The zero-order valence-electron chi connectivity index (χ0n) is 18.1. The molecule has 0 aliphatic carbocycles. The molecule has 0 unspecified atom stereocenters. The van der Waals surface area contributed by atoms with Gasteiger partial charge in [-0.1, -0.05) is 28.1 Å². The van der Waals surface area contributed by atoms with Crippen molar-refractivity contribution in [2.24, 2.45) is 0 Å². The molecule has 0 fully saturated rings. The number of amides is 1. The van der Waals surface area contributed by atoms with E-state index in [1.54, 1.807) is 12.1 Å². The molecular weight excluding hydrogens is 540 g/mol. The number of rotatable bonds is 7. The molecule has 0 atom stereocenters. The average molecular weight is 557 g/mol. The van der Waals surface area contributed by atoms with E-state index in [1.165, 1.54) is 43.3 Å². The smallest absolute Gasteiger partial charge is 0.433 e. The van der Waals surface area contributed by atoms with Crippen molar-refractivity contribution in [1.82, 2.24) is 0 Å². The Kier molecular flexibility index (Phi) is 6.72. The first-order valence-corrected chi connectivity index (χ1v) is 12.4. The van der Waals surface area contributed by atoms with Crippen molar-refractivity contribution in [2.75, 3.05) is 5.32 Å². The fourth-order valence-corrected chi connectivity index (χ4v) is 4.87. The first kappa shape index (κ1) is 24.2. The van der Waals surface area contributed by atoms with E-state index in [9.17, 15) is 23.3 Å². The summed E-state index contributed by atoms with van der Waals surface area (Å²) in [6, 6.07) is 18.4. The first-order valence-electron chi connectivity index (χ1n) is 10.1. The molecule has 35 heavy (non-hydrogen) atoms. The van der Waals surface area contributed by atoms with Crippen LogP contribution in [0.3, 0.4) is 0 Å². The van der Waals surface area contributed by atoms with Crippen molar-refractivity contribution in [1.29, 1.82) is 0 Å². The first-order chi connectivity index (χ1) is 16.6. The molecule has 4 rings (SSSR count). The monoisotopic (exact) mass is 556 g/mol. The van der Waals surface area contributed by atoms with Crippen LogP contribution in [0.5, 0.6) is 0 Å². The van der Waals surface area contributed by atoms with E-state index in [4.69, 9.17) is 8.83 Å². The Morgan fingerprint density at radius 1 is 0.971 bits per heavy atom. The lowest BCUT2D eigenvalue weighted by Crippen LogP contribution is -2.07. The van der Waals surface area contributed by atoms with Crippen LogP contribution >= 0.6 is 15.9 Å².